The van der Waals surface area contributed by atoms with Gasteiger partial charge < -0.3 is 10.1 Å². The highest BCUT2D eigenvalue weighted by Gasteiger charge is 2.36. The standard InChI is InChI=1S/C14H26N2O/c1-11-8-15-14(13-2-3-13)10-16(11)9-12-4-6-17-7-5-12/h11-15H,2-10H2,1H3. The monoisotopic (exact) mass is 238 g/mol. The molecule has 17 heavy (non-hydrogen) atoms. The summed E-state index contributed by atoms with van der Waals surface area (Å²) in [6.07, 6.45) is 5.45. The molecule has 1 saturated carbocycles. The summed E-state index contributed by atoms with van der Waals surface area (Å²) in [5, 5.41) is 3.73. The molecule has 2 aliphatic heterocycles. The maximum Gasteiger partial charge on any atom is 0.0469 e. The minimum Gasteiger partial charge on any atom is -0.381 e. The topological polar surface area (TPSA) is 24.5 Å². The molecule has 3 heteroatoms. The van der Waals surface area contributed by atoms with Crippen molar-refractivity contribution >= 4 is 0 Å². The lowest BCUT2D eigenvalue weighted by Gasteiger charge is -2.41. The number of nitrogens with zero attached hydrogens (tertiary/aromatic N) is 1. The van der Waals surface area contributed by atoms with Gasteiger partial charge in [0.2, 0.25) is 0 Å². The largest absolute Gasteiger partial charge is 0.381 e. The van der Waals surface area contributed by atoms with Gasteiger partial charge in [0.05, 0.1) is 0 Å². The minimum atomic E-state index is 0.716. The molecule has 3 rings (SSSR count). The molecule has 3 fully saturated rings. The van der Waals surface area contributed by atoms with Gasteiger partial charge in [-0.25, -0.2) is 0 Å². The van der Waals surface area contributed by atoms with E-state index in [9.17, 15) is 0 Å². The van der Waals surface area contributed by atoms with Gasteiger partial charge in [-0.05, 0) is 44.4 Å². The van der Waals surface area contributed by atoms with Gasteiger partial charge in [0.25, 0.3) is 0 Å². The maximum absolute atomic E-state index is 5.45. The zero-order valence-electron chi connectivity index (χ0n) is 11.0. The molecule has 98 valence electrons. The number of ether oxygens (including phenoxy) is 1. The molecular weight excluding hydrogens is 212 g/mol. The van der Waals surface area contributed by atoms with E-state index in [0.29, 0.717) is 6.04 Å². The van der Waals surface area contributed by atoms with Crippen molar-refractivity contribution in [2.45, 2.75) is 44.7 Å². The van der Waals surface area contributed by atoms with E-state index in [0.717, 1.165) is 31.1 Å². The lowest BCUT2D eigenvalue weighted by Crippen LogP contribution is -2.57. The third kappa shape index (κ3) is 3.01. The Morgan fingerprint density at radius 3 is 2.65 bits per heavy atom. The third-order valence-corrected chi connectivity index (χ3v) is 4.75. The molecule has 1 aliphatic carbocycles. The molecular formula is C14H26N2O. The zero-order chi connectivity index (χ0) is 11.7. The number of piperazine rings is 1. The molecule has 0 spiro atoms. The second kappa shape index (κ2) is 5.25. The summed E-state index contributed by atoms with van der Waals surface area (Å²) in [6.45, 7) is 8.10. The Kier molecular flexibility index (Phi) is 3.69. The number of nitrogens with one attached hydrogen (secondary N) is 1. The lowest BCUT2D eigenvalue weighted by atomic mass is 9.97. The van der Waals surface area contributed by atoms with Gasteiger partial charge in [0.1, 0.15) is 0 Å². The fourth-order valence-electron chi connectivity index (χ4n) is 3.28. The van der Waals surface area contributed by atoms with Crippen LogP contribution >= 0.6 is 0 Å². The van der Waals surface area contributed by atoms with E-state index >= 15 is 0 Å². The van der Waals surface area contributed by atoms with Gasteiger partial charge in [-0.15, -0.1) is 0 Å². The number of hydrogen-bond acceptors (Lipinski definition) is 3. The first-order chi connectivity index (χ1) is 8.33. The van der Waals surface area contributed by atoms with Gasteiger partial charge >= 0.3 is 0 Å². The van der Waals surface area contributed by atoms with Crippen molar-refractivity contribution in [2.24, 2.45) is 11.8 Å². The summed E-state index contributed by atoms with van der Waals surface area (Å²) in [7, 11) is 0. The van der Waals surface area contributed by atoms with Crippen molar-refractivity contribution < 1.29 is 4.74 Å². The van der Waals surface area contributed by atoms with Gasteiger partial charge in [-0.3, -0.25) is 4.90 Å². The SMILES string of the molecule is CC1CNC(C2CC2)CN1CC1CCOCC1. The first-order valence-electron chi connectivity index (χ1n) is 7.38. The van der Waals surface area contributed by atoms with Crippen LogP contribution in [0.25, 0.3) is 0 Å². The molecule has 0 radical (unpaired) electrons. The predicted molar refractivity (Wildman–Crippen MR) is 69.1 cm³/mol. The molecule has 0 aromatic heterocycles. The van der Waals surface area contributed by atoms with E-state index in [1.165, 1.54) is 45.3 Å². The Hall–Kier alpha value is -0.120. The van der Waals surface area contributed by atoms with E-state index in [-0.39, 0.29) is 0 Å². The molecule has 0 amide bonds. The third-order valence-electron chi connectivity index (χ3n) is 4.75. The summed E-state index contributed by atoms with van der Waals surface area (Å²) in [4.78, 5) is 2.73. The minimum absolute atomic E-state index is 0.716. The molecule has 1 N–H and O–H groups in total. The molecule has 2 unspecified atom stereocenters. The highest BCUT2D eigenvalue weighted by molar-refractivity contribution is 4.93. The number of rotatable bonds is 3. The van der Waals surface area contributed by atoms with E-state index in [1.807, 2.05) is 0 Å². The van der Waals surface area contributed by atoms with Crippen LogP contribution in [0.2, 0.25) is 0 Å². The predicted octanol–water partition coefficient (Wildman–Crippen LogP) is 1.49. The van der Waals surface area contributed by atoms with Gasteiger partial charge in [-0.1, -0.05) is 0 Å². The summed E-state index contributed by atoms with van der Waals surface area (Å²) in [5.74, 6) is 1.86. The molecule has 0 bridgehead atoms. The molecule has 3 nitrogen and oxygen atoms in total. The average Bonchev–Trinajstić information content (AvgIpc) is 3.17. The Morgan fingerprint density at radius 1 is 1.18 bits per heavy atom. The van der Waals surface area contributed by atoms with Gasteiger partial charge in [-0.2, -0.15) is 0 Å². The zero-order valence-corrected chi connectivity index (χ0v) is 11.0. The fraction of sp³-hybridized carbons (Fsp3) is 1.00. The lowest BCUT2D eigenvalue weighted by molar-refractivity contribution is 0.0368. The van der Waals surface area contributed by atoms with Crippen LogP contribution in [0.1, 0.15) is 32.6 Å². The van der Waals surface area contributed by atoms with Crippen LogP contribution in [0.15, 0.2) is 0 Å². The van der Waals surface area contributed by atoms with Crippen LogP contribution in [0.4, 0.5) is 0 Å². The second-order valence-electron chi connectivity index (χ2n) is 6.21. The smallest absolute Gasteiger partial charge is 0.0469 e. The van der Waals surface area contributed by atoms with Crippen molar-refractivity contribution in [3.05, 3.63) is 0 Å². The van der Waals surface area contributed by atoms with Crippen molar-refractivity contribution in [3.8, 4) is 0 Å². The van der Waals surface area contributed by atoms with E-state index in [2.05, 4.69) is 17.1 Å². The first kappa shape index (κ1) is 11.9. The van der Waals surface area contributed by atoms with Gasteiger partial charge in [0.15, 0.2) is 0 Å². The van der Waals surface area contributed by atoms with Crippen molar-refractivity contribution in [3.63, 3.8) is 0 Å². The van der Waals surface area contributed by atoms with Crippen LogP contribution < -0.4 is 5.32 Å². The highest BCUT2D eigenvalue weighted by atomic mass is 16.5. The van der Waals surface area contributed by atoms with Crippen molar-refractivity contribution in [1.29, 1.82) is 0 Å². The Morgan fingerprint density at radius 2 is 1.94 bits per heavy atom. The number of hydrogen-bond donors (Lipinski definition) is 1. The normalized spacial score (nSPS) is 37.2. The average molecular weight is 238 g/mol. The summed E-state index contributed by atoms with van der Waals surface area (Å²) >= 11 is 0. The molecule has 2 saturated heterocycles. The molecule has 0 aromatic rings. The second-order valence-corrected chi connectivity index (χ2v) is 6.21. The van der Waals surface area contributed by atoms with E-state index in [1.54, 1.807) is 0 Å². The van der Waals surface area contributed by atoms with Crippen LogP contribution in [0, 0.1) is 11.8 Å². The summed E-state index contributed by atoms with van der Waals surface area (Å²) in [5.41, 5.74) is 0. The van der Waals surface area contributed by atoms with Gasteiger partial charge in [0, 0.05) is 44.9 Å². The van der Waals surface area contributed by atoms with Crippen molar-refractivity contribution in [1.82, 2.24) is 10.2 Å². The Balaban J connectivity index is 1.52. The van der Waals surface area contributed by atoms with Crippen LogP contribution in [0.3, 0.4) is 0 Å². The summed E-state index contributed by atoms with van der Waals surface area (Å²) in [6, 6.07) is 1.50. The summed E-state index contributed by atoms with van der Waals surface area (Å²) < 4.78 is 5.45. The van der Waals surface area contributed by atoms with Crippen LogP contribution in [-0.2, 0) is 4.74 Å². The highest BCUT2D eigenvalue weighted by Crippen LogP contribution is 2.34. The Labute approximate surface area is 105 Å². The Bertz CT molecular complexity index is 249. The van der Waals surface area contributed by atoms with Crippen molar-refractivity contribution in [2.75, 3.05) is 32.8 Å². The van der Waals surface area contributed by atoms with E-state index < -0.39 is 0 Å². The van der Waals surface area contributed by atoms with Crippen LogP contribution in [-0.4, -0.2) is 49.8 Å². The first-order valence-corrected chi connectivity index (χ1v) is 7.38. The van der Waals surface area contributed by atoms with Crippen LogP contribution in [0.5, 0.6) is 0 Å². The quantitative estimate of drug-likeness (QED) is 0.806. The maximum atomic E-state index is 5.45. The molecule has 2 atom stereocenters. The van der Waals surface area contributed by atoms with E-state index in [4.69, 9.17) is 4.74 Å². The molecule has 3 aliphatic rings. The molecule has 2 heterocycles. The fourth-order valence-corrected chi connectivity index (χ4v) is 3.28. The molecule has 0 aromatic carbocycles.